The summed E-state index contributed by atoms with van der Waals surface area (Å²) in [5, 5.41) is 9.63. The van der Waals surface area contributed by atoms with Crippen molar-refractivity contribution >= 4 is 17.4 Å². The van der Waals surface area contributed by atoms with E-state index < -0.39 is 5.41 Å². The molecule has 0 bridgehead atoms. The molecule has 14 heavy (non-hydrogen) atoms. The van der Waals surface area contributed by atoms with Crippen molar-refractivity contribution in [2.45, 2.75) is 13.8 Å². The van der Waals surface area contributed by atoms with Crippen LogP contribution < -0.4 is 0 Å². The molecule has 0 aromatic heterocycles. The lowest BCUT2D eigenvalue weighted by atomic mass is 9.85. The molecule has 1 aromatic rings. The van der Waals surface area contributed by atoms with Gasteiger partial charge in [-0.15, -0.1) is 0 Å². The third-order valence-electron chi connectivity index (χ3n) is 2.12. The molecule has 0 aliphatic rings. The smallest absolute Gasteiger partial charge is 0.170 e. The number of carbonyl (C=O) groups excluding carboxylic acids is 1. The highest BCUT2D eigenvalue weighted by Gasteiger charge is 2.27. The molecule has 0 aliphatic heterocycles. The molecule has 0 radical (unpaired) electrons. The summed E-state index contributed by atoms with van der Waals surface area (Å²) < 4.78 is 0. The molecule has 0 atom stereocenters. The van der Waals surface area contributed by atoms with Gasteiger partial charge in [0.25, 0.3) is 0 Å². The van der Waals surface area contributed by atoms with E-state index in [4.69, 9.17) is 16.7 Å². The van der Waals surface area contributed by atoms with E-state index in [1.807, 2.05) is 0 Å². The SMILES string of the molecule is CC(C)(CO)C(=O)c1ccc(Cl)cc1. The number of ketones is 1. The van der Waals surface area contributed by atoms with Crippen LogP contribution in [0.2, 0.25) is 5.02 Å². The number of halogens is 1. The molecule has 1 N–H and O–H groups in total. The first-order chi connectivity index (χ1) is 6.47. The molecular weight excluding hydrogens is 200 g/mol. The number of aliphatic hydroxyl groups excluding tert-OH is 1. The van der Waals surface area contributed by atoms with Crippen LogP contribution in [0, 0.1) is 5.41 Å². The van der Waals surface area contributed by atoms with Crippen LogP contribution in [0.4, 0.5) is 0 Å². The van der Waals surface area contributed by atoms with Gasteiger partial charge in [0.15, 0.2) is 5.78 Å². The quantitative estimate of drug-likeness (QED) is 0.782. The van der Waals surface area contributed by atoms with Crippen LogP contribution in [0.15, 0.2) is 24.3 Å². The molecule has 0 amide bonds. The topological polar surface area (TPSA) is 37.3 Å². The Labute approximate surface area is 88.5 Å². The maximum absolute atomic E-state index is 11.8. The maximum Gasteiger partial charge on any atom is 0.170 e. The van der Waals surface area contributed by atoms with Crippen LogP contribution in [0.5, 0.6) is 0 Å². The molecular formula is C11H13ClO2. The van der Waals surface area contributed by atoms with Crippen LogP contribution in [0.25, 0.3) is 0 Å². The Morgan fingerprint density at radius 1 is 1.36 bits per heavy atom. The predicted octanol–water partition coefficient (Wildman–Crippen LogP) is 2.54. The predicted molar refractivity (Wildman–Crippen MR) is 56.6 cm³/mol. The molecule has 0 fully saturated rings. The Balaban J connectivity index is 2.96. The number of Topliss-reactive ketones (excluding diaryl/α,β-unsaturated/α-hetero) is 1. The zero-order valence-corrected chi connectivity index (χ0v) is 9.01. The lowest BCUT2D eigenvalue weighted by molar-refractivity contribution is 0.0726. The summed E-state index contributed by atoms with van der Waals surface area (Å²) in [5.41, 5.74) is -0.151. The minimum absolute atomic E-state index is 0.0725. The van der Waals surface area contributed by atoms with E-state index in [9.17, 15) is 4.79 Å². The van der Waals surface area contributed by atoms with Crippen LogP contribution in [-0.4, -0.2) is 17.5 Å². The van der Waals surface area contributed by atoms with Crippen molar-refractivity contribution in [1.82, 2.24) is 0 Å². The molecule has 0 saturated carbocycles. The fourth-order valence-corrected chi connectivity index (χ4v) is 1.19. The fraction of sp³-hybridized carbons (Fsp3) is 0.364. The monoisotopic (exact) mass is 212 g/mol. The van der Waals surface area contributed by atoms with Crippen molar-refractivity contribution < 1.29 is 9.90 Å². The van der Waals surface area contributed by atoms with Crippen LogP contribution in [-0.2, 0) is 0 Å². The van der Waals surface area contributed by atoms with Gasteiger partial charge < -0.3 is 5.11 Å². The lowest BCUT2D eigenvalue weighted by Gasteiger charge is -2.19. The molecule has 76 valence electrons. The van der Waals surface area contributed by atoms with Crippen molar-refractivity contribution in [2.75, 3.05) is 6.61 Å². The summed E-state index contributed by atoms with van der Waals surface area (Å²) in [4.78, 5) is 11.8. The third kappa shape index (κ3) is 2.34. The van der Waals surface area contributed by atoms with Gasteiger partial charge in [-0.05, 0) is 24.3 Å². The molecule has 3 heteroatoms. The van der Waals surface area contributed by atoms with Gasteiger partial charge in [0.05, 0.1) is 12.0 Å². The van der Waals surface area contributed by atoms with Gasteiger partial charge >= 0.3 is 0 Å². The van der Waals surface area contributed by atoms with Gasteiger partial charge in [-0.25, -0.2) is 0 Å². The van der Waals surface area contributed by atoms with Crippen molar-refractivity contribution in [1.29, 1.82) is 0 Å². The van der Waals surface area contributed by atoms with Crippen molar-refractivity contribution in [3.63, 3.8) is 0 Å². The van der Waals surface area contributed by atoms with Gasteiger partial charge in [0.1, 0.15) is 0 Å². The molecule has 0 aliphatic carbocycles. The average Bonchev–Trinajstić information content (AvgIpc) is 2.18. The Morgan fingerprint density at radius 2 is 1.86 bits per heavy atom. The number of aliphatic hydroxyl groups is 1. The summed E-state index contributed by atoms with van der Waals surface area (Å²) in [6.07, 6.45) is 0. The zero-order chi connectivity index (χ0) is 10.8. The summed E-state index contributed by atoms with van der Waals surface area (Å²) in [6, 6.07) is 6.68. The molecule has 0 saturated heterocycles. The zero-order valence-electron chi connectivity index (χ0n) is 8.25. The van der Waals surface area contributed by atoms with Gasteiger partial charge in [-0.3, -0.25) is 4.79 Å². The number of rotatable bonds is 3. The van der Waals surface area contributed by atoms with E-state index in [1.54, 1.807) is 38.1 Å². The standard InChI is InChI=1S/C11H13ClO2/c1-11(2,7-13)10(14)8-3-5-9(12)6-4-8/h3-6,13H,7H2,1-2H3. The minimum atomic E-state index is -0.728. The largest absolute Gasteiger partial charge is 0.395 e. The van der Waals surface area contributed by atoms with E-state index in [2.05, 4.69) is 0 Å². The Bertz CT molecular complexity index is 328. The van der Waals surface area contributed by atoms with E-state index in [0.717, 1.165) is 0 Å². The molecule has 0 heterocycles. The number of hydrogen-bond acceptors (Lipinski definition) is 2. The number of carbonyl (C=O) groups is 1. The van der Waals surface area contributed by atoms with E-state index in [1.165, 1.54) is 0 Å². The fourth-order valence-electron chi connectivity index (χ4n) is 1.06. The van der Waals surface area contributed by atoms with Gasteiger partial charge in [0, 0.05) is 10.6 Å². The Morgan fingerprint density at radius 3 is 2.29 bits per heavy atom. The van der Waals surface area contributed by atoms with Gasteiger partial charge in [-0.1, -0.05) is 25.4 Å². The highest BCUT2D eigenvalue weighted by Crippen LogP contribution is 2.22. The second-order valence-corrected chi connectivity index (χ2v) is 4.31. The second kappa shape index (κ2) is 4.11. The highest BCUT2D eigenvalue weighted by molar-refractivity contribution is 6.30. The van der Waals surface area contributed by atoms with E-state index >= 15 is 0 Å². The first-order valence-corrected chi connectivity index (χ1v) is 4.76. The number of benzene rings is 1. The van der Waals surface area contributed by atoms with Crippen molar-refractivity contribution in [3.05, 3.63) is 34.9 Å². The molecule has 2 nitrogen and oxygen atoms in total. The maximum atomic E-state index is 11.8. The Kier molecular flexibility index (Phi) is 3.29. The summed E-state index contributed by atoms with van der Waals surface area (Å²) in [5.74, 6) is -0.0725. The Hall–Kier alpha value is -0.860. The van der Waals surface area contributed by atoms with Gasteiger partial charge in [-0.2, -0.15) is 0 Å². The summed E-state index contributed by atoms with van der Waals surface area (Å²) in [6.45, 7) is 3.27. The minimum Gasteiger partial charge on any atom is -0.395 e. The lowest BCUT2D eigenvalue weighted by Crippen LogP contribution is -2.28. The van der Waals surface area contributed by atoms with Crippen LogP contribution >= 0.6 is 11.6 Å². The molecule has 0 spiro atoms. The second-order valence-electron chi connectivity index (χ2n) is 3.88. The normalized spacial score (nSPS) is 11.4. The molecule has 1 aromatic carbocycles. The van der Waals surface area contributed by atoms with Gasteiger partial charge in [0.2, 0.25) is 0 Å². The number of hydrogen-bond donors (Lipinski definition) is 1. The third-order valence-corrected chi connectivity index (χ3v) is 2.37. The highest BCUT2D eigenvalue weighted by atomic mass is 35.5. The first kappa shape index (κ1) is 11.2. The summed E-state index contributed by atoms with van der Waals surface area (Å²) in [7, 11) is 0. The van der Waals surface area contributed by atoms with Crippen molar-refractivity contribution in [3.8, 4) is 0 Å². The molecule has 0 unspecified atom stereocenters. The van der Waals surface area contributed by atoms with Crippen molar-refractivity contribution in [2.24, 2.45) is 5.41 Å². The summed E-state index contributed by atoms with van der Waals surface area (Å²) >= 11 is 5.70. The first-order valence-electron chi connectivity index (χ1n) is 4.38. The van der Waals surface area contributed by atoms with Crippen LogP contribution in [0.1, 0.15) is 24.2 Å². The van der Waals surface area contributed by atoms with E-state index in [-0.39, 0.29) is 12.4 Å². The van der Waals surface area contributed by atoms with E-state index in [0.29, 0.717) is 10.6 Å². The average molecular weight is 213 g/mol. The van der Waals surface area contributed by atoms with Crippen LogP contribution in [0.3, 0.4) is 0 Å². The molecule has 1 rings (SSSR count).